The molecule has 0 amide bonds. The highest BCUT2D eigenvalue weighted by atomic mass is 19.4. The van der Waals surface area contributed by atoms with Crippen LogP contribution in [-0.2, 0) is 9.68 Å². The Hall–Kier alpha value is -1.14. The first-order valence-corrected chi connectivity index (χ1v) is 4.81. The van der Waals surface area contributed by atoms with E-state index < -0.39 is 47.0 Å². The minimum absolute atomic E-state index is 1.91. The van der Waals surface area contributed by atoms with Gasteiger partial charge in [0.05, 0.1) is 0 Å². The van der Waals surface area contributed by atoms with Gasteiger partial charge in [0.1, 0.15) is 0 Å². The molecule has 1 heterocycles. The highest BCUT2D eigenvalue weighted by Crippen LogP contribution is 2.55. The van der Waals surface area contributed by atoms with Crippen LogP contribution in [0.2, 0.25) is 0 Å². The topological polar surface area (TPSA) is 24.9 Å². The molecule has 0 N–H and O–H groups in total. The van der Waals surface area contributed by atoms with Gasteiger partial charge in [-0.2, -0.15) is 61.5 Å². The standard InChI is InChI=1S/C6F14N2O2/c7-1(8,9)3(13,14)23-21-4(15,2(10,11)12)24-22(5(16,17)18)6(21,19)20. The Morgan fingerprint density at radius 2 is 1.17 bits per heavy atom. The van der Waals surface area contributed by atoms with Crippen LogP contribution in [0.3, 0.4) is 0 Å². The molecule has 1 rings (SSSR count). The molecule has 144 valence electrons. The van der Waals surface area contributed by atoms with E-state index in [1.807, 2.05) is 4.84 Å². The summed E-state index contributed by atoms with van der Waals surface area (Å²) in [6.07, 6.45) is -34.1. The lowest BCUT2D eigenvalue weighted by Gasteiger charge is -2.32. The molecule has 1 aliphatic rings. The van der Waals surface area contributed by atoms with Gasteiger partial charge >= 0.3 is 36.9 Å². The maximum absolute atomic E-state index is 13.4. The van der Waals surface area contributed by atoms with E-state index in [0.717, 1.165) is 0 Å². The maximum Gasteiger partial charge on any atom is 0.489 e. The van der Waals surface area contributed by atoms with E-state index in [9.17, 15) is 61.5 Å². The molecule has 1 unspecified atom stereocenters. The molecular formula is C6F14N2O2. The van der Waals surface area contributed by atoms with Crippen molar-refractivity contribution in [2.45, 2.75) is 36.9 Å². The molecule has 0 bridgehead atoms. The van der Waals surface area contributed by atoms with Crippen molar-refractivity contribution in [1.82, 2.24) is 10.1 Å². The van der Waals surface area contributed by atoms with E-state index >= 15 is 0 Å². The van der Waals surface area contributed by atoms with Crippen molar-refractivity contribution >= 4 is 0 Å². The number of rotatable bonds is 2. The first kappa shape index (κ1) is 20.9. The summed E-state index contributed by atoms with van der Waals surface area (Å²) in [6, 6.07) is 0. The van der Waals surface area contributed by atoms with Crippen molar-refractivity contribution in [3.63, 3.8) is 0 Å². The van der Waals surface area contributed by atoms with Gasteiger partial charge < -0.3 is 0 Å². The molecule has 0 radical (unpaired) electrons. The average Bonchev–Trinajstić information content (AvgIpc) is 2.47. The fourth-order valence-corrected chi connectivity index (χ4v) is 1.12. The fourth-order valence-electron chi connectivity index (χ4n) is 1.12. The van der Waals surface area contributed by atoms with E-state index in [-0.39, 0.29) is 0 Å². The van der Waals surface area contributed by atoms with Crippen LogP contribution in [0.25, 0.3) is 0 Å². The molecule has 0 aromatic carbocycles. The third kappa shape index (κ3) is 3.18. The first-order valence-electron chi connectivity index (χ1n) is 4.81. The smallest absolute Gasteiger partial charge is 0.219 e. The Bertz CT molecular complexity index is 481. The monoisotopic (exact) mass is 398 g/mol. The Labute approximate surface area is 120 Å². The van der Waals surface area contributed by atoms with Gasteiger partial charge in [-0.3, -0.25) is 0 Å². The van der Waals surface area contributed by atoms with E-state index in [0.29, 0.717) is 0 Å². The molecular weight excluding hydrogens is 398 g/mol. The number of hydrogen-bond acceptors (Lipinski definition) is 4. The zero-order chi connectivity index (χ0) is 19.6. The molecule has 0 spiro atoms. The molecule has 4 nitrogen and oxygen atoms in total. The van der Waals surface area contributed by atoms with Crippen LogP contribution in [0.4, 0.5) is 61.5 Å². The predicted molar refractivity (Wildman–Crippen MR) is 37.7 cm³/mol. The van der Waals surface area contributed by atoms with Crippen LogP contribution in [0.1, 0.15) is 0 Å². The van der Waals surface area contributed by atoms with Gasteiger partial charge in [0.25, 0.3) is 0 Å². The van der Waals surface area contributed by atoms with E-state index in [1.54, 1.807) is 0 Å². The zero-order valence-corrected chi connectivity index (χ0v) is 10.0. The van der Waals surface area contributed by atoms with E-state index in [4.69, 9.17) is 0 Å². The Kier molecular flexibility index (Phi) is 4.51. The number of hydroxylamine groups is 4. The zero-order valence-electron chi connectivity index (χ0n) is 10.0. The summed E-state index contributed by atoms with van der Waals surface area (Å²) in [5.41, 5.74) is 0. The summed E-state index contributed by atoms with van der Waals surface area (Å²) < 4.78 is 173. The second-order valence-corrected chi connectivity index (χ2v) is 3.82. The third-order valence-electron chi connectivity index (χ3n) is 2.08. The normalized spacial score (nSPS) is 27.8. The SMILES string of the molecule is FC(F)(F)N1OC(F)(C(F)(F)F)N(OC(F)(F)C(F)(F)F)C1(F)F. The minimum Gasteiger partial charge on any atom is -0.219 e. The lowest BCUT2D eigenvalue weighted by Crippen LogP contribution is -2.61. The van der Waals surface area contributed by atoms with Crippen molar-refractivity contribution in [1.29, 1.82) is 0 Å². The maximum atomic E-state index is 13.4. The number of alkyl halides is 14. The van der Waals surface area contributed by atoms with Gasteiger partial charge in [-0.25, -0.2) is 9.68 Å². The molecule has 18 heteroatoms. The van der Waals surface area contributed by atoms with Gasteiger partial charge in [-0.15, -0.1) is 0 Å². The largest absolute Gasteiger partial charge is 0.489 e. The van der Waals surface area contributed by atoms with Gasteiger partial charge in [0.2, 0.25) is 0 Å². The lowest BCUT2D eigenvalue weighted by molar-refractivity contribution is -0.533. The summed E-state index contributed by atoms with van der Waals surface area (Å²) in [5, 5.41) is -6.26. The van der Waals surface area contributed by atoms with Gasteiger partial charge in [0, 0.05) is 0 Å². The van der Waals surface area contributed by atoms with Crippen LogP contribution >= 0.6 is 0 Å². The molecule has 1 aliphatic heterocycles. The Balaban J connectivity index is 3.45. The summed E-state index contributed by atoms with van der Waals surface area (Å²) in [5.74, 6) is -6.53. The van der Waals surface area contributed by atoms with Gasteiger partial charge in [-0.1, -0.05) is 0 Å². The van der Waals surface area contributed by atoms with Crippen LogP contribution in [0.15, 0.2) is 0 Å². The molecule has 0 aliphatic carbocycles. The molecule has 1 atom stereocenters. The minimum atomic E-state index is -6.98. The van der Waals surface area contributed by atoms with Gasteiger partial charge in [-0.05, 0) is 10.1 Å². The summed E-state index contributed by atoms with van der Waals surface area (Å²) in [6.45, 7) is 0. The molecule has 0 aromatic heterocycles. The number of nitrogens with zero attached hydrogens (tertiary/aromatic N) is 2. The third-order valence-corrected chi connectivity index (χ3v) is 2.08. The van der Waals surface area contributed by atoms with Crippen LogP contribution in [-0.4, -0.2) is 47.0 Å². The molecule has 1 fully saturated rings. The van der Waals surface area contributed by atoms with Crippen molar-refractivity contribution in [2.75, 3.05) is 0 Å². The number of halogens is 14. The molecule has 0 aromatic rings. The summed E-state index contributed by atoms with van der Waals surface area (Å²) >= 11 is 0. The number of hydrogen-bond donors (Lipinski definition) is 0. The quantitative estimate of drug-likeness (QED) is 0.521. The van der Waals surface area contributed by atoms with Crippen molar-refractivity contribution in [2.24, 2.45) is 0 Å². The summed E-state index contributed by atoms with van der Waals surface area (Å²) in [7, 11) is 0. The second kappa shape index (κ2) is 5.18. The fraction of sp³-hybridized carbons (Fsp3) is 1.00. The molecule has 24 heavy (non-hydrogen) atoms. The predicted octanol–water partition coefficient (Wildman–Crippen LogP) is 3.88. The molecule has 1 saturated heterocycles. The van der Waals surface area contributed by atoms with Crippen molar-refractivity contribution in [3.05, 3.63) is 0 Å². The second-order valence-electron chi connectivity index (χ2n) is 3.82. The highest BCUT2D eigenvalue weighted by Gasteiger charge is 2.84. The van der Waals surface area contributed by atoms with E-state index in [1.165, 1.54) is 0 Å². The van der Waals surface area contributed by atoms with Crippen LogP contribution < -0.4 is 0 Å². The summed E-state index contributed by atoms with van der Waals surface area (Å²) in [4.78, 5) is 4.14. The van der Waals surface area contributed by atoms with Crippen LogP contribution in [0, 0.1) is 0 Å². The van der Waals surface area contributed by atoms with Gasteiger partial charge in [0.15, 0.2) is 0 Å². The van der Waals surface area contributed by atoms with Crippen molar-refractivity contribution in [3.8, 4) is 0 Å². The lowest BCUT2D eigenvalue weighted by atomic mass is 10.5. The van der Waals surface area contributed by atoms with Crippen molar-refractivity contribution < 1.29 is 71.1 Å². The highest BCUT2D eigenvalue weighted by molar-refractivity contribution is 4.85. The molecule has 0 saturated carbocycles. The average molecular weight is 398 g/mol. The van der Waals surface area contributed by atoms with Crippen LogP contribution in [0.5, 0.6) is 0 Å². The Morgan fingerprint density at radius 3 is 1.46 bits per heavy atom. The first-order chi connectivity index (χ1) is 10.2. The van der Waals surface area contributed by atoms with E-state index in [2.05, 4.69) is 4.84 Å². The Morgan fingerprint density at radius 1 is 0.750 bits per heavy atom.